The molecule has 1 amide bonds. The molecule has 0 aliphatic carbocycles. The second kappa shape index (κ2) is 5.12. The van der Waals surface area contributed by atoms with E-state index in [1.54, 1.807) is 13.2 Å². The lowest BCUT2D eigenvalue weighted by Crippen LogP contribution is -2.31. The molecule has 0 aliphatic heterocycles. The Bertz CT molecular complexity index is 559. The number of carbonyl (C=O) groups excluding carboxylic acids is 1. The first-order valence-corrected chi connectivity index (χ1v) is 6.03. The minimum atomic E-state index is -0.192. The molecular formula is C14H17NO3. The summed E-state index contributed by atoms with van der Waals surface area (Å²) >= 11 is 0. The van der Waals surface area contributed by atoms with Crippen LogP contribution in [0.1, 0.15) is 30.8 Å². The van der Waals surface area contributed by atoms with Gasteiger partial charge in [-0.3, -0.25) is 4.79 Å². The number of para-hydroxylation sites is 1. The summed E-state index contributed by atoms with van der Waals surface area (Å²) in [6, 6.07) is 7.43. The van der Waals surface area contributed by atoms with Gasteiger partial charge in [0, 0.05) is 11.4 Å². The van der Waals surface area contributed by atoms with Crippen LogP contribution in [0.2, 0.25) is 0 Å². The molecule has 0 bridgehead atoms. The van der Waals surface area contributed by atoms with E-state index in [9.17, 15) is 4.79 Å². The largest absolute Gasteiger partial charge is 0.493 e. The average Bonchev–Trinajstić information content (AvgIpc) is 2.82. The van der Waals surface area contributed by atoms with E-state index in [2.05, 4.69) is 5.32 Å². The van der Waals surface area contributed by atoms with Crippen molar-refractivity contribution in [3.05, 3.63) is 30.0 Å². The first-order valence-electron chi connectivity index (χ1n) is 6.03. The normalized spacial score (nSPS) is 12.4. The highest BCUT2D eigenvalue weighted by Crippen LogP contribution is 2.28. The van der Waals surface area contributed by atoms with Crippen LogP contribution in [-0.4, -0.2) is 19.1 Å². The Hall–Kier alpha value is -1.97. The van der Waals surface area contributed by atoms with Gasteiger partial charge in [-0.1, -0.05) is 19.1 Å². The molecule has 18 heavy (non-hydrogen) atoms. The van der Waals surface area contributed by atoms with Crippen LogP contribution >= 0.6 is 0 Å². The number of nitrogens with one attached hydrogen (secondary N) is 1. The summed E-state index contributed by atoms with van der Waals surface area (Å²) in [4.78, 5) is 11.9. The Morgan fingerprint density at radius 1 is 1.50 bits per heavy atom. The second-order valence-electron chi connectivity index (χ2n) is 4.27. The van der Waals surface area contributed by atoms with Crippen LogP contribution in [0.5, 0.6) is 5.75 Å². The molecular weight excluding hydrogens is 230 g/mol. The van der Waals surface area contributed by atoms with Gasteiger partial charge < -0.3 is 14.5 Å². The predicted molar refractivity (Wildman–Crippen MR) is 70.0 cm³/mol. The minimum Gasteiger partial charge on any atom is -0.493 e. The van der Waals surface area contributed by atoms with Crippen LogP contribution in [0, 0.1) is 0 Å². The molecule has 0 unspecified atom stereocenters. The van der Waals surface area contributed by atoms with Gasteiger partial charge in [0.25, 0.3) is 5.91 Å². The van der Waals surface area contributed by atoms with Gasteiger partial charge in [0.05, 0.1) is 7.11 Å². The van der Waals surface area contributed by atoms with Gasteiger partial charge in [-0.25, -0.2) is 0 Å². The van der Waals surface area contributed by atoms with Crippen LogP contribution < -0.4 is 10.1 Å². The maximum absolute atomic E-state index is 11.9. The lowest BCUT2D eigenvalue weighted by atomic mass is 10.2. The fourth-order valence-corrected chi connectivity index (χ4v) is 1.71. The number of benzene rings is 1. The summed E-state index contributed by atoms with van der Waals surface area (Å²) in [7, 11) is 1.58. The van der Waals surface area contributed by atoms with E-state index in [0.29, 0.717) is 17.1 Å². The Morgan fingerprint density at radius 3 is 2.94 bits per heavy atom. The SMILES string of the molecule is CC[C@@H](C)NC(=O)c1cc2cccc(OC)c2o1. The van der Waals surface area contributed by atoms with Crippen molar-refractivity contribution < 1.29 is 13.9 Å². The Kier molecular flexibility index (Phi) is 3.55. The number of amides is 1. The molecule has 1 aromatic heterocycles. The molecule has 96 valence electrons. The van der Waals surface area contributed by atoms with Crippen molar-refractivity contribution in [3.8, 4) is 5.75 Å². The topological polar surface area (TPSA) is 51.5 Å². The molecule has 0 aliphatic rings. The number of rotatable bonds is 4. The number of hydrogen-bond donors (Lipinski definition) is 1. The fourth-order valence-electron chi connectivity index (χ4n) is 1.71. The van der Waals surface area contributed by atoms with Crippen molar-refractivity contribution in [1.82, 2.24) is 5.32 Å². The number of furan rings is 1. The first-order chi connectivity index (χ1) is 8.65. The van der Waals surface area contributed by atoms with Crippen molar-refractivity contribution in [2.75, 3.05) is 7.11 Å². The molecule has 1 heterocycles. The molecule has 4 nitrogen and oxygen atoms in total. The Morgan fingerprint density at radius 2 is 2.28 bits per heavy atom. The molecule has 0 fully saturated rings. The third kappa shape index (κ3) is 2.32. The molecule has 0 radical (unpaired) electrons. The second-order valence-corrected chi connectivity index (χ2v) is 4.27. The van der Waals surface area contributed by atoms with E-state index < -0.39 is 0 Å². The third-order valence-corrected chi connectivity index (χ3v) is 2.94. The molecule has 2 rings (SSSR count). The molecule has 4 heteroatoms. The van der Waals surface area contributed by atoms with Crippen molar-refractivity contribution in [3.63, 3.8) is 0 Å². The molecule has 0 spiro atoms. The highest BCUT2D eigenvalue weighted by molar-refractivity contribution is 5.97. The lowest BCUT2D eigenvalue weighted by Gasteiger charge is -2.09. The number of fused-ring (bicyclic) bond motifs is 1. The number of carbonyl (C=O) groups is 1. The quantitative estimate of drug-likeness (QED) is 0.903. The van der Waals surface area contributed by atoms with Crippen LogP contribution in [0.25, 0.3) is 11.0 Å². The first kappa shape index (κ1) is 12.5. The summed E-state index contributed by atoms with van der Waals surface area (Å²) in [6.07, 6.45) is 0.884. The van der Waals surface area contributed by atoms with E-state index in [1.807, 2.05) is 32.0 Å². The highest BCUT2D eigenvalue weighted by atomic mass is 16.5. The number of methoxy groups -OCH3 is 1. The zero-order valence-corrected chi connectivity index (χ0v) is 10.8. The monoisotopic (exact) mass is 247 g/mol. The van der Waals surface area contributed by atoms with Crippen LogP contribution in [-0.2, 0) is 0 Å². The van der Waals surface area contributed by atoms with Crippen LogP contribution in [0.15, 0.2) is 28.7 Å². The maximum Gasteiger partial charge on any atom is 0.287 e. The van der Waals surface area contributed by atoms with E-state index >= 15 is 0 Å². The standard InChI is InChI=1S/C14H17NO3/c1-4-9(2)15-14(16)12-8-10-6-5-7-11(17-3)13(10)18-12/h5-9H,4H2,1-3H3,(H,15,16)/t9-/m1/s1. The minimum absolute atomic E-state index is 0.132. The molecule has 1 atom stereocenters. The van der Waals surface area contributed by atoms with Crippen molar-refractivity contribution in [1.29, 1.82) is 0 Å². The van der Waals surface area contributed by atoms with Gasteiger partial charge in [0.2, 0.25) is 0 Å². The van der Waals surface area contributed by atoms with Gasteiger partial charge in [-0.15, -0.1) is 0 Å². The van der Waals surface area contributed by atoms with Crippen molar-refractivity contribution in [2.45, 2.75) is 26.3 Å². The summed E-state index contributed by atoms with van der Waals surface area (Å²) in [5, 5.41) is 3.74. The van der Waals surface area contributed by atoms with Gasteiger partial charge >= 0.3 is 0 Å². The van der Waals surface area contributed by atoms with Crippen molar-refractivity contribution in [2.24, 2.45) is 0 Å². The van der Waals surface area contributed by atoms with Crippen LogP contribution in [0.4, 0.5) is 0 Å². The molecule has 2 aromatic rings. The maximum atomic E-state index is 11.9. The van der Waals surface area contributed by atoms with E-state index in [0.717, 1.165) is 11.8 Å². The van der Waals surface area contributed by atoms with E-state index in [4.69, 9.17) is 9.15 Å². The third-order valence-electron chi connectivity index (χ3n) is 2.94. The average molecular weight is 247 g/mol. The zero-order valence-electron chi connectivity index (χ0n) is 10.8. The highest BCUT2D eigenvalue weighted by Gasteiger charge is 2.15. The molecule has 0 saturated heterocycles. The Balaban J connectivity index is 2.32. The summed E-state index contributed by atoms with van der Waals surface area (Å²) in [6.45, 7) is 3.98. The Labute approximate surface area is 106 Å². The summed E-state index contributed by atoms with van der Waals surface area (Å²) in [5.41, 5.74) is 0.606. The number of hydrogen-bond acceptors (Lipinski definition) is 3. The predicted octanol–water partition coefficient (Wildman–Crippen LogP) is 2.97. The zero-order chi connectivity index (χ0) is 13.1. The number of ether oxygens (including phenoxy) is 1. The summed E-state index contributed by atoms with van der Waals surface area (Å²) < 4.78 is 10.8. The van der Waals surface area contributed by atoms with E-state index in [1.165, 1.54) is 0 Å². The molecule has 1 N–H and O–H groups in total. The lowest BCUT2D eigenvalue weighted by molar-refractivity contribution is 0.0913. The molecule has 0 saturated carbocycles. The van der Waals surface area contributed by atoms with Crippen molar-refractivity contribution >= 4 is 16.9 Å². The summed E-state index contributed by atoms with van der Waals surface area (Å²) in [5.74, 6) is 0.757. The van der Waals surface area contributed by atoms with Gasteiger partial charge in [0.1, 0.15) is 0 Å². The fraction of sp³-hybridized carbons (Fsp3) is 0.357. The van der Waals surface area contributed by atoms with Gasteiger partial charge in [-0.2, -0.15) is 0 Å². The molecule has 1 aromatic carbocycles. The smallest absolute Gasteiger partial charge is 0.287 e. The van der Waals surface area contributed by atoms with Gasteiger partial charge in [0.15, 0.2) is 17.1 Å². The van der Waals surface area contributed by atoms with Crippen LogP contribution in [0.3, 0.4) is 0 Å². The van der Waals surface area contributed by atoms with E-state index in [-0.39, 0.29) is 11.9 Å². The van der Waals surface area contributed by atoms with Gasteiger partial charge in [-0.05, 0) is 25.5 Å².